The third-order valence-electron chi connectivity index (χ3n) is 2.69. The molecule has 0 saturated carbocycles. The summed E-state index contributed by atoms with van der Waals surface area (Å²) in [6, 6.07) is 14.7. The van der Waals surface area contributed by atoms with E-state index in [9.17, 15) is 4.79 Å². The zero-order chi connectivity index (χ0) is 13.7. The third kappa shape index (κ3) is 4.27. The van der Waals surface area contributed by atoms with Crippen LogP contribution < -0.4 is 5.32 Å². The fourth-order valence-electron chi connectivity index (χ4n) is 1.73. The van der Waals surface area contributed by atoms with Crippen LogP contribution in [0.2, 0.25) is 10.0 Å². The molecule has 2 rings (SSSR count). The fourth-order valence-corrected chi connectivity index (χ4v) is 2.15. The first-order valence-corrected chi connectivity index (χ1v) is 6.65. The summed E-state index contributed by atoms with van der Waals surface area (Å²) in [5.74, 6) is -0.0535. The predicted molar refractivity (Wildman–Crippen MR) is 78.5 cm³/mol. The molecule has 0 fully saturated rings. The van der Waals surface area contributed by atoms with E-state index in [4.69, 9.17) is 23.2 Å². The predicted octanol–water partition coefficient (Wildman–Crippen LogP) is 3.85. The Labute approximate surface area is 122 Å². The van der Waals surface area contributed by atoms with Crippen molar-refractivity contribution in [3.63, 3.8) is 0 Å². The van der Waals surface area contributed by atoms with Crippen LogP contribution in [-0.2, 0) is 17.8 Å². The first-order valence-electron chi connectivity index (χ1n) is 5.90. The number of benzene rings is 2. The first kappa shape index (κ1) is 13.9. The van der Waals surface area contributed by atoms with Crippen molar-refractivity contribution in [2.75, 3.05) is 0 Å². The quantitative estimate of drug-likeness (QED) is 0.911. The van der Waals surface area contributed by atoms with Gasteiger partial charge in [0.1, 0.15) is 0 Å². The van der Waals surface area contributed by atoms with Gasteiger partial charge < -0.3 is 5.32 Å². The molecular formula is C15H13Cl2NO. The van der Waals surface area contributed by atoms with Gasteiger partial charge in [-0.1, -0.05) is 53.5 Å². The molecule has 0 aliphatic rings. The van der Waals surface area contributed by atoms with Gasteiger partial charge in [0.25, 0.3) is 0 Å². The second-order valence-electron chi connectivity index (χ2n) is 4.17. The highest BCUT2D eigenvalue weighted by Gasteiger charge is 2.05. The van der Waals surface area contributed by atoms with E-state index in [1.54, 1.807) is 18.2 Å². The van der Waals surface area contributed by atoms with E-state index in [2.05, 4.69) is 5.32 Å². The first-order chi connectivity index (χ1) is 9.15. The normalized spacial score (nSPS) is 10.2. The molecule has 0 radical (unpaired) electrons. The molecule has 2 nitrogen and oxygen atoms in total. The van der Waals surface area contributed by atoms with Gasteiger partial charge >= 0.3 is 0 Å². The van der Waals surface area contributed by atoms with Crippen LogP contribution in [-0.4, -0.2) is 5.91 Å². The van der Waals surface area contributed by atoms with Crippen molar-refractivity contribution in [1.82, 2.24) is 5.32 Å². The van der Waals surface area contributed by atoms with E-state index in [1.807, 2.05) is 30.3 Å². The summed E-state index contributed by atoms with van der Waals surface area (Å²) in [5, 5.41) is 4.13. The fraction of sp³-hybridized carbons (Fsp3) is 0.133. The lowest BCUT2D eigenvalue weighted by Gasteiger charge is -2.07. The highest BCUT2D eigenvalue weighted by atomic mass is 35.5. The second kappa shape index (κ2) is 6.60. The summed E-state index contributed by atoms with van der Waals surface area (Å²) in [5.41, 5.74) is 1.80. The Morgan fingerprint density at radius 1 is 1.05 bits per heavy atom. The molecule has 19 heavy (non-hydrogen) atoms. The van der Waals surface area contributed by atoms with Crippen LogP contribution in [0.25, 0.3) is 0 Å². The van der Waals surface area contributed by atoms with Crippen LogP contribution in [0, 0.1) is 0 Å². The molecule has 2 aromatic carbocycles. The van der Waals surface area contributed by atoms with E-state index < -0.39 is 0 Å². The van der Waals surface area contributed by atoms with Gasteiger partial charge in [-0.3, -0.25) is 4.79 Å². The van der Waals surface area contributed by atoms with Gasteiger partial charge in [0.05, 0.1) is 6.42 Å². The van der Waals surface area contributed by atoms with Crippen LogP contribution in [0.5, 0.6) is 0 Å². The summed E-state index contributed by atoms with van der Waals surface area (Å²) in [6.07, 6.45) is 0.311. The van der Waals surface area contributed by atoms with Crippen LogP contribution in [0.3, 0.4) is 0 Å². The third-order valence-corrected chi connectivity index (χ3v) is 3.29. The topological polar surface area (TPSA) is 29.1 Å². The van der Waals surface area contributed by atoms with Gasteiger partial charge in [-0.05, 0) is 29.3 Å². The molecule has 0 aromatic heterocycles. The number of carbonyl (C=O) groups is 1. The van der Waals surface area contributed by atoms with E-state index in [0.717, 1.165) is 11.1 Å². The molecule has 0 saturated heterocycles. The number of carbonyl (C=O) groups excluding carboxylic acids is 1. The largest absolute Gasteiger partial charge is 0.352 e. The number of hydrogen-bond acceptors (Lipinski definition) is 1. The summed E-state index contributed by atoms with van der Waals surface area (Å²) in [6.45, 7) is 0.430. The van der Waals surface area contributed by atoms with Crippen molar-refractivity contribution in [2.45, 2.75) is 13.0 Å². The lowest BCUT2D eigenvalue weighted by molar-refractivity contribution is -0.120. The highest BCUT2D eigenvalue weighted by molar-refractivity contribution is 6.31. The van der Waals surface area contributed by atoms with Crippen molar-refractivity contribution in [3.8, 4) is 0 Å². The Bertz CT molecular complexity index is 584. The SMILES string of the molecule is O=C(Cc1cccc(Cl)c1)NCc1ccccc1Cl. The van der Waals surface area contributed by atoms with Crippen LogP contribution in [0.15, 0.2) is 48.5 Å². The average Bonchev–Trinajstić information content (AvgIpc) is 2.38. The van der Waals surface area contributed by atoms with Gasteiger partial charge in [0.15, 0.2) is 0 Å². The summed E-state index contributed by atoms with van der Waals surface area (Å²) < 4.78 is 0. The zero-order valence-electron chi connectivity index (χ0n) is 10.2. The maximum atomic E-state index is 11.8. The van der Waals surface area contributed by atoms with Crippen LogP contribution >= 0.6 is 23.2 Å². The lowest BCUT2D eigenvalue weighted by Crippen LogP contribution is -2.24. The number of rotatable bonds is 4. The Morgan fingerprint density at radius 3 is 2.58 bits per heavy atom. The van der Waals surface area contributed by atoms with Crippen molar-refractivity contribution < 1.29 is 4.79 Å². The molecule has 0 spiro atoms. The maximum absolute atomic E-state index is 11.8. The molecule has 0 bridgehead atoms. The highest BCUT2D eigenvalue weighted by Crippen LogP contribution is 2.14. The molecule has 0 unspecified atom stereocenters. The van der Waals surface area contributed by atoms with Crippen molar-refractivity contribution in [3.05, 3.63) is 69.7 Å². The standard InChI is InChI=1S/C15H13Cl2NO/c16-13-6-3-4-11(8-13)9-15(19)18-10-12-5-1-2-7-14(12)17/h1-8H,9-10H2,(H,18,19). The molecule has 1 amide bonds. The number of nitrogens with one attached hydrogen (secondary N) is 1. The van der Waals surface area contributed by atoms with Crippen LogP contribution in [0.4, 0.5) is 0 Å². The van der Waals surface area contributed by atoms with Crippen LogP contribution in [0.1, 0.15) is 11.1 Å². The van der Waals surface area contributed by atoms with Gasteiger partial charge in [0, 0.05) is 16.6 Å². The average molecular weight is 294 g/mol. The summed E-state index contributed by atoms with van der Waals surface area (Å²) in [7, 11) is 0. The molecule has 0 atom stereocenters. The molecule has 98 valence electrons. The van der Waals surface area contributed by atoms with E-state index in [0.29, 0.717) is 23.0 Å². The minimum Gasteiger partial charge on any atom is -0.352 e. The smallest absolute Gasteiger partial charge is 0.224 e. The Hall–Kier alpha value is -1.51. The number of halogens is 2. The Balaban J connectivity index is 1.90. The Morgan fingerprint density at radius 2 is 1.84 bits per heavy atom. The van der Waals surface area contributed by atoms with Crippen molar-refractivity contribution in [2.24, 2.45) is 0 Å². The number of hydrogen-bond donors (Lipinski definition) is 1. The maximum Gasteiger partial charge on any atom is 0.224 e. The van der Waals surface area contributed by atoms with Gasteiger partial charge in [-0.15, -0.1) is 0 Å². The molecule has 0 aliphatic heterocycles. The van der Waals surface area contributed by atoms with Gasteiger partial charge in [0.2, 0.25) is 5.91 Å². The summed E-state index contributed by atoms with van der Waals surface area (Å²) in [4.78, 5) is 11.8. The zero-order valence-corrected chi connectivity index (χ0v) is 11.7. The van der Waals surface area contributed by atoms with Gasteiger partial charge in [-0.25, -0.2) is 0 Å². The molecule has 1 N–H and O–H groups in total. The van der Waals surface area contributed by atoms with E-state index in [-0.39, 0.29) is 5.91 Å². The Kier molecular flexibility index (Phi) is 4.83. The van der Waals surface area contributed by atoms with Crippen molar-refractivity contribution in [1.29, 1.82) is 0 Å². The second-order valence-corrected chi connectivity index (χ2v) is 5.02. The molecule has 2 aromatic rings. The number of amides is 1. The molecular weight excluding hydrogens is 281 g/mol. The molecule has 0 aliphatic carbocycles. The van der Waals surface area contributed by atoms with Gasteiger partial charge in [-0.2, -0.15) is 0 Å². The minimum atomic E-state index is -0.0535. The monoisotopic (exact) mass is 293 g/mol. The van der Waals surface area contributed by atoms with E-state index >= 15 is 0 Å². The molecule has 4 heteroatoms. The van der Waals surface area contributed by atoms with Crippen molar-refractivity contribution >= 4 is 29.1 Å². The van der Waals surface area contributed by atoms with E-state index in [1.165, 1.54) is 0 Å². The molecule has 0 heterocycles. The minimum absolute atomic E-state index is 0.0535. The lowest BCUT2D eigenvalue weighted by atomic mass is 10.1. The summed E-state index contributed by atoms with van der Waals surface area (Å²) >= 11 is 11.9.